The largest absolute Gasteiger partial charge is 0.310 e. The molecule has 12 rings (SSSR count). The van der Waals surface area contributed by atoms with Gasteiger partial charge in [-0.25, -0.2) is 8.78 Å². The molecule has 1 spiro atoms. The molecule has 2 nitrogen and oxygen atoms in total. The Bertz CT molecular complexity index is 3130. The molecule has 0 saturated heterocycles. The molecule has 61 heavy (non-hydrogen) atoms. The first-order valence-corrected chi connectivity index (χ1v) is 20.6. The quantitative estimate of drug-likeness (QED) is 0.166. The summed E-state index contributed by atoms with van der Waals surface area (Å²) >= 11 is 0. The van der Waals surface area contributed by atoms with E-state index >= 15 is 0 Å². The summed E-state index contributed by atoms with van der Waals surface area (Å²) in [6.45, 7) is 0. The number of halogens is 2. The maximum atomic E-state index is 14.8. The second-order valence-corrected chi connectivity index (χ2v) is 16.0. The molecule has 0 aliphatic heterocycles. The molecule has 4 heteroatoms. The average molecular weight is 787 g/mol. The van der Waals surface area contributed by atoms with Crippen LogP contribution >= 0.6 is 0 Å². The Morgan fingerprint density at radius 2 is 0.656 bits per heavy atom. The van der Waals surface area contributed by atoms with E-state index in [1.54, 1.807) is 24.3 Å². The van der Waals surface area contributed by atoms with E-state index < -0.39 is 5.41 Å². The molecule has 0 saturated carbocycles. The predicted octanol–water partition coefficient (Wildman–Crippen LogP) is 15.6. The predicted molar refractivity (Wildman–Crippen MR) is 247 cm³/mol. The standard InChI is InChI=1S/C57H36F2N2/c58-41-13-11-19-45(35-41)60(43-15-3-1-4-16-43)47-27-25-37-31-51-52-32-38-26-28-48(61(44-17-5-2-6-18-44)46-20-12-14-42(59)36-46)30-40(38)34-56(52)57(55(51)33-39(37)29-47)53-23-9-7-21-49(53)50-22-8-10-24-54(50)57/h1-36H. The van der Waals surface area contributed by atoms with Crippen molar-refractivity contribution in [3.8, 4) is 22.3 Å². The van der Waals surface area contributed by atoms with Gasteiger partial charge in [0.2, 0.25) is 0 Å². The molecule has 288 valence electrons. The van der Waals surface area contributed by atoms with Crippen LogP contribution in [0.15, 0.2) is 218 Å². The summed E-state index contributed by atoms with van der Waals surface area (Å²) in [5.41, 5.74) is 14.6. The fourth-order valence-corrected chi connectivity index (χ4v) is 10.2. The first-order chi connectivity index (χ1) is 30.0. The van der Waals surface area contributed by atoms with Crippen LogP contribution < -0.4 is 9.80 Å². The van der Waals surface area contributed by atoms with Gasteiger partial charge in [0.15, 0.2) is 0 Å². The molecule has 0 fully saturated rings. The highest BCUT2D eigenvalue weighted by Gasteiger charge is 2.51. The number of anilines is 6. The van der Waals surface area contributed by atoms with Gasteiger partial charge >= 0.3 is 0 Å². The van der Waals surface area contributed by atoms with E-state index in [9.17, 15) is 8.78 Å². The number of nitrogens with zero attached hydrogens (tertiary/aromatic N) is 2. The maximum absolute atomic E-state index is 14.8. The highest BCUT2D eigenvalue weighted by molar-refractivity contribution is 6.04. The molecule has 0 amide bonds. The average Bonchev–Trinajstić information content (AvgIpc) is 3.74. The zero-order valence-corrected chi connectivity index (χ0v) is 32.9. The van der Waals surface area contributed by atoms with E-state index in [4.69, 9.17) is 0 Å². The zero-order valence-electron chi connectivity index (χ0n) is 32.9. The first-order valence-electron chi connectivity index (χ1n) is 20.6. The number of hydrogen-bond acceptors (Lipinski definition) is 2. The number of hydrogen-bond donors (Lipinski definition) is 0. The summed E-state index contributed by atoms with van der Waals surface area (Å²) in [6.07, 6.45) is 0. The monoisotopic (exact) mass is 786 g/mol. The van der Waals surface area contributed by atoms with Crippen molar-refractivity contribution >= 4 is 55.7 Å². The second kappa shape index (κ2) is 13.6. The van der Waals surface area contributed by atoms with E-state index in [1.807, 2.05) is 48.5 Å². The lowest BCUT2D eigenvalue weighted by molar-refractivity contribution is 0.627. The topological polar surface area (TPSA) is 6.48 Å². The molecule has 2 aliphatic rings. The van der Waals surface area contributed by atoms with Gasteiger partial charge in [-0.1, -0.05) is 109 Å². The van der Waals surface area contributed by atoms with Crippen LogP contribution in [-0.4, -0.2) is 0 Å². The third-order valence-electron chi connectivity index (χ3n) is 12.6. The van der Waals surface area contributed by atoms with E-state index in [1.165, 1.54) is 56.6 Å². The highest BCUT2D eigenvalue weighted by atomic mass is 19.1. The Morgan fingerprint density at radius 3 is 1.10 bits per heavy atom. The molecule has 10 aromatic carbocycles. The summed E-state index contributed by atoms with van der Waals surface area (Å²) in [7, 11) is 0. The van der Waals surface area contributed by atoms with Crippen molar-refractivity contribution in [2.75, 3.05) is 9.80 Å². The molecule has 0 unspecified atom stereocenters. The second-order valence-electron chi connectivity index (χ2n) is 16.0. The van der Waals surface area contributed by atoms with Crippen molar-refractivity contribution in [2.45, 2.75) is 5.41 Å². The van der Waals surface area contributed by atoms with Gasteiger partial charge in [-0.15, -0.1) is 0 Å². The SMILES string of the molecule is Fc1cccc(N(c2ccccc2)c2ccc3cc4c(cc3c2)C2(c3ccccc3-c3ccccc32)c2cc3cc(N(c5ccccc5)c5cccc(F)c5)ccc3cc2-4)c1. The summed E-state index contributed by atoms with van der Waals surface area (Å²) in [4.78, 5) is 4.24. The van der Waals surface area contributed by atoms with Crippen LogP contribution in [0, 0.1) is 11.6 Å². The molecule has 2 aliphatic carbocycles. The van der Waals surface area contributed by atoms with Crippen molar-refractivity contribution in [2.24, 2.45) is 0 Å². The summed E-state index contributed by atoms with van der Waals surface area (Å²) in [6, 6.07) is 74.3. The molecule has 10 aromatic rings. The molecule has 0 bridgehead atoms. The summed E-state index contributed by atoms with van der Waals surface area (Å²) < 4.78 is 29.6. The van der Waals surface area contributed by atoms with Gasteiger partial charge in [-0.3, -0.25) is 0 Å². The van der Waals surface area contributed by atoms with E-state index in [-0.39, 0.29) is 11.6 Å². The van der Waals surface area contributed by atoms with E-state index in [0.717, 1.165) is 55.7 Å². The van der Waals surface area contributed by atoms with Gasteiger partial charge in [0.25, 0.3) is 0 Å². The minimum atomic E-state index is -0.588. The van der Waals surface area contributed by atoms with Gasteiger partial charge in [0.1, 0.15) is 11.6 Å². The lowest BCUT2D eigenvalue weighted by atomic mass is 9.70. The normalized spacial score (nSPS) is 12.9. The van der Waals surface area contributed by atoms with Crippen LogP contribution in [0.5, 0.6) is 0 Å². The molecule has 0 heterocycles. The van der Waals surface area contributed by atoms with Crippen LogP contribution in [-0.2, 0) is 5.41 Å². The fourth-order valence-electron chi connectivity index (χ4n) is 10.2. The van der Waals surface area contributed by atoms with Gasteiger partial charge in [0.05, 0.1) is 5.41 Å². The Hall–Kier alpha value is -7.82. The van der Waals surface area contributed by atoms with Gasteiger partial charge in [-0.2, -0.15) is 0 Å². The third kappa shape index (κ3) is 5.39. The molecule has 0 aromatic heterocycles. The van der Waals surface area contributed by atoms with Gasteiger partial charge in [-0.05, 0) is 175 Å². The van der Waals surface area contributed by atoms with Crippen LogP contribution in [0.25, 0.3) is 43.8 Å². The van der Waals surface area contributed by atoms with Gasteiger partial charge < -0.3 is 9.80 Å². The Morgan fingerprint density at radius 1 is 0.262 bits per heavy atom. The first kappa shape index (κ1) is 35.2. The molecular formula is C57H36F2N2. The number of para-hydroxylation sites is 2. The minimum Gasteiger partial charge on any atom is -0.310 e. The van der Waals surface area contributed by atoms with Crippen LogP contribution in [0.2, 0.25) is 0 Å². The molecule has 0 N–H and O–H groups in total. The molecular weight excluding hydrogens is 751 g/mol. The lowest BCUT2D eigenvalue weighted by Crippen LogP contribution is -2.25. The lowest BCUT2D eigenvalue weighted by Gasteiger charge is -2.31. The summed E-state index contributed by atoms with van der Waals surface area (Å²) in [5.74, 6) is -0.562. The Kier molecular flexibility index (Phi) is 7.85. The molecule has 0 radical (unpaired) electrons. The van der Waals surface area contributed by atoms with Crippen molar-refractivity contribution in [3.05, 3.63) is 252 Å². The number of fused-ring (bicyclic) bond motifs is 12. The van der Waals surface area contributed by atoms with E-state index in [0.29, 0.717) is 0 Å². The van der Waals surface area contributed by atoms with Crippen LogP contribution in [0.4, 0.5) is 42.9 Å². The van der Waals surface area contributed by atoms with Crippen molar-refractivity contribution < 1.29 is 8.78 Å². The van der Waals surface area contributed by atoms with Crippen molar-refractivity contribution in [3.63, 3.8) is 0 Å². The Balaban J connectivity index is 1.10. The third-order valence-corrected chi connectivity index (χ3v) is 12.6. The molecule has 0 atom stereocenters. The maximum Gasteiger partial charge on any atom is 0.125 e. The van der Waals surface area contributed by atoms with Crippen molar-refractivity contribution in [1.82, 2.24) is 0 Å². The fraction of sp³-hybridized carbons (Fsp3) is 0.0175. The zero-order chi connectivity index (χ0) is 40.7. The minimum absolute atomic E-state index is 0.281. The summed E-state index contributed by atoms with van der Waals surface area (Å²) in [5, 5.41) is 4.45. The van der Waals surface area contributed by atoms with Crippen LogP contribution in [0.3, 0.4) is 0 Å². The van der Waals surface area contributed by atoms with Gasteiger partial charge in [0, 0.05) is 34.1 Å². The Labute approximate surface area is 352 Å². The number of benzene rings is 10. The van der Waals surface area contributed by atoms with Crippen LogP contribution in [0.1, 0.15) is 22.3 Å². The highest BCUT2D eigenvalue weighted by Crippen LogP contribution is 2.64. The van der Waals surface area contributed by atoms with E-state index in [2.05, 4.69) is 143 Å². The number of rotatable bonds is 6. The van der Waals surface area contributed by atoms with Crippen molar-refractivity contribution in [1.29, 1.82) is 0 Å². The smallest absolute Gasteiger partial charge is 0.125 e.